The maximum absolute atomic E-state index is 13.4. The first-order valence-corrected chi connectivity index (χ1v) is 14.5. The molecule has 0 bridgehead atoms. The van der Waals surface area contributed by atoms with Gasteiger partial charge in [-0.1, -0.05) is 26.0 Å². The molecule has 3 amide bonds. The SMILES string of the molecule is Cc1nc2n(n1)CCN(C(=O)CCc1nc3ccccc3s1)CCCC(=O)N(C)[C@@H](C)C(=O)N[C@@H]2CC(C)C. The van der Waals surface area contributed by atoms with Gasteiger partial charge in [-0.15, -0.1) is 11.3 Å². The van der Waals surface area contributed by atoms with Crippen LogP contribution in [0.3, 0.4) is 0 Å². The lowest BCUT2D eigenvalue weighted by Gasteiger charge is -2.29. The summed E-state index contributed by atoms with van der Waals surface area (Å²) < 4.78 is 2.94. The van der Waals surface area contributed by atoms with Crippen LogP contribution in [0.2, 0.25) is 0 Å². The molecule has 39 heavy (non-hydrogen) atoms. The van der Waals surface area contributed by atoms with Crippen LogP contribution in [0.25, 0.3) is 10.2 Å². The number of carbonyl (C=O) groups is 3. The minimum Gasteiger partial charge on any atom is -0.344 e. The zero-order valence-electron chi connectivity index (χ0n) is 23.5. The molecule has 210 valence electrons. The Morgan fingerprint density at radius 2 is 1.92 bits per heavy atom. The Kier molecular flexibility index (Phi) is 9.32. The summed E-state index contributed by atoms with van der Waals surface area (Å²) in [5, 5.41) is 8.66. The third kappa shape index (κ3) is 7.20. The fraction of sp³-hybridized carbons (Fsp3) is 0.571. The lowest BCUT2D eigenvalue weighted by molar-refractivity contribution is -0.139. The van der Waals surface area contributed by atoms with Crippen molar-refractivity contribution in [2.75, 3.05) is 20.1 Å². The molecule has 3 aromatic rings. The van der Waals surface area contributed by atoms with Gasteiger partial charge in [0, 0.05) is 39.4 Å². The van der Waals surface area contributed by atoms with Gasteiger partial charge in [0.1, 0.15) is 17.7 Å². The lowest BCUT2D eigenvalue weighted by atomic mass is 10.0. The summed E-state index contributed by atoms with van der Waals surface area (Å²) in [6.45, 7) is 9.11. The molecular formula is C28H39N7O3S. The molecule has 0 saturated heterocycles. The summed E-state index contributed by atoms with van der Waals surface area (Å²) in [5.41, 5.74) is 0.956. The molecule has 1 N–H and O–H groups in total. The van der Waals surface area contributed by atoms with Crippen LogP contribution < -0.4 is 5.32 Å². The summed E-state index contributed by atoms with van der Waals surface area (Å²) >= 11 is 1.62. The minimum atomic E-state index is -0.626. The third-order valence-electron chi connectivity index (χ3n) is 7.14. The fourth-order valence-electron chi connectivity index (χ4n) is 4.85. The van der Waals surface area contributed by atoms with Crippen molar-refractivity contribution < 1.29 is 14.4 Å². The Balaban J connectivity index is 1.55. The molecule has 2 atom stereocenters. The average Bonchev–Trinajstić information content (AvgIpc) is 3.49. The van der Waals surface area contributed by atoms with Crippen molar-refractivity contribution in [1.82, 2.24) is 34.9 Å². The van der Waals surface area contributed by atoms with Gasteiger partial charge >= 0.3 is 0 Å². The second-order valence-electron chi connectivity index (χ2n) is 10.7. The smallest absolute Gasteiger partial charge is 0.243 e. The number of nitrogens with zero attached hydrogens (tertiary/aromatic N) is 6. The number of nitrogens with one attached hydrogen (secondary N) is 1. The zero-order chi connectivity index (χ0) is 28.1. The number of aryl methyl sites for hydroxylation is 2. The van der Waals surface area contributed by atoms with Gasteiger partial charge in [-0.3, -0.25) is 14.4 Å². The molecule has 0 saturated carbocycles. The van der Waals surface area contributed by atoms with E-state index in [9.17, 15) is 14.4 Å². The van der Waals surface area contributed by atoms with Gasteiger partial charge in [0.25, 0.3) is 0 Å². The second-order valence-corrected chi connectivity index (χ2v) is 11.8. The lowest BCUT2D eigenvalue weighted by Crippen LogP contribution is -2.47. The molecule has 1 aliphatic heterocycles. The van der Waals surface area contributed by atoms with Crippen LogP contribution in [0.1, 0.15) is 69.2 Å². The average molecular weight is 554 g/mol. The number of para-hydroxylation sites is 1. The normalized spacial score (nSPS) is 19.7. The maximum Gasteiger partial charge on any atom is 0.243 e. The van der Waals surface area contributed by atoms with E-state index >= 15 is 0 Å². The highest BCUT2D eigenvalue weighted by Crippen LogP contribution is 2.24. The molecule has 0 spiro atoms. The van der Waals surface area contributed by atoms with E-state index < -0.39 is 6.04 Å². The van der Waals surface area contributed by atoms with Gasteiger partial charge in [0.15, 0.2) is 0 Å². The number of benzene rings is 1. The molecule has 3 heterocycles. The Morgan fingerprint density at radius 3 is 2.67 bits per heavy atom. The molecule has 1 aliphatic rings. The van der Waals surface area contributed by atoms with E-state index in [-0.39, 0.29) is 30.2 Å². The molecule has 2 aromatic heterocycles. The van der Waals surface area contributed by atoms with Gasteiger partial charge in [-0.05, 0) is 44.7 Å². The predicted molar refractivity (Wildman–Crippen MR) is 151 cm³/mol. The van der Waals surface area contributed by atoms with E-state index in [0.29, 0.717) is 62.9 Å². The van der Waals surface area contributed by atoms with Crippen LogP contribution in [0.15, 0.2) is 24.3 Å². The number of amides is 3. The first-order valence-electron chi connectivity index (χ1n) is 13.7. The van der Waals surface area contributed by atoms with Gasteiger partial charge in [-0.25, -0.2) is 14.6 Å². The third-order valence-corrected chi connectivity index (χ3v) is 8.24. The molecule has 0 aliphatic carbocycles. The Hall–Kier alpha value is -3.34. The van der Waals surface area contributed by atoms with Crippen LogP contribution in [0.5, 0.6) is 0 Å². The molecule has 1 aromatic carbocycles. The van der Waals surface area contributed by atoms with Crippen LogP contribution >= 0.6 is 11.3 Å². The Labute approximate surface area is 233 Å². The maximum atomic E-state index is 13.4. The van der Waals surface area contributed by atoms with Crippen molar-refractivity contribution in [3.05, 3.63) is 40.9 Å². The second kappa shape index (κ2) is 12.7. The standard InChI is InChI=1S/C28H39N7O3S/c1-18(2)17-22-27-29-20(4)32-35(27)16-15-34(14-8-11-25(36)33(5)19(3)28(38)31-22)26(37)13-12-24-30-21-9-6-7-10-23(21)39-24/h6-7,9-10,18-19,22H,8,11-17H2,1-5H3,(H,31,38)/t19-,22+/m0/s1. The van der Waals surface area contributed by atoms with Crippen molar-refractivity contribution in [2.45, 2.75) is 78.4 Å². The van der Waals surface area contributed by atoms with E-state index in [0.717, 1.165) is 15.2 Å². The number of fused-ring (bicyclic) bond motifs is 2. The van der Waals surface area contributed by atoms with Gasteiger partial charge in [-0.2, -0.15) is 5.10 Å². The number of carbonyl (C=O) groups excluding carboxylic acids is 3. The molecule has 4 rings (SSSR count). The van der Waals surface area contributed by atoms with E-state index in [4.69, 9.17) is 0 Å². The highest BCUT2D eigenvalue weighted by atomic mass is 32.1. The number of rotatable bonds is 5. The summed E-state index contributed by atoms with van der Waals surface area (Å²) in [4.78, 5) is 52.0. The topological polar surface area (TPSA) is 113 Å². The summed E-state index contributed by atoms with van der Waals surface area (Å²) in [5.74, 6) is 1.29. The summed E-state index contributed by atoms with van der Waals surface area (Å²) in [6.07, 6.45) is 2.38. The van der Waals surface area contributed by atoms with Crippen molar-refractivity contribution in [3.63, 3.8) is 0 Å². The number of likely N-dealkylation sites (N-methyl/N-ethyl adjacent to an activating group) is 1. The molecule has 0 fully saturated rings. The molecule has 10 nitrogen and oxygen atoms in total. The summed E-state index contributed by atoms with van der Waals surface area (Å²) in [6, 6.07) is 7.01. The number of thiazole rings is 1. The highest BCUT2D eigenvalue weighted by molar-refractivity contribution is 7.18. The van der Waals surface area contributed by atoms with Crippen molar-refractivity contribution in [1.29, 1.82) is 0 Å². The van der Waals surface area contributed by atoms with Gasteiger partial charge < -0.3 is 15.1 Å². The van der Waals surface area contributed by atoms with E-state index in [1.54, 1.807) is 25.3 Å². The highest BCUT2D eigenvalue weighted by Gasteiger charge is 2.29. The Bertz CT molecular complexity index is 1280. The van der Waals surface area contributed by atoms with E-state index in [1.807, 2.05) is 40.8 Å². The quantitative estimate of drug-likeness (QED) is 0.517. The minimum absolute atomic E-state index is 0.0287. The van der Waals surface area contributed by atoms with Gasteiger partial charge in [0.05, 0.1) is 27.8 Å². The zero-order valence-corrected chi connectivity index (χ0v) is 24.3. The molecular weight excluding hydrogens is 514 g/mol. The fourth-order valence-corrected chi connectivity index (χ4v) is 5.82. The molecule has 0 radical (unpaired) electrons. The predicted octanol–water partition coefficient (Wildman–Crippen LogP) is 3.50. The van der Waals surface area contributed by atoms with Crippen LogP contribution in [0.4, 0.5) is 0 Å². The van der Waals surface area contributed by atoms with E-state index in [1.165, 1.54) is 4.90 Å². The Morgan fingerprint density at radius 1 is 1.15 bits per heavy atom. The van der Waals surface area contributed by atoms with E-state index in [2.05, 4.69) is 34.2 Å². The number of hydrogen-bond acceptors (Lipinski definition) is 7. The first-order chi connectivity index (χ1) is 18.6. The van der Waals surface area contributed by atoms with Crippen molar-refractivity contribution in [2.24, 2.45) is 5.92 Å². The van der Waals surface area contributed by atoms with Gasteiger partial charge in [0.2, 0.25) is 17.7 Å². The molecule has 11 heteroatoms. The van der Waals surface area contributed by atoms with Crippen LogP contribution in [0, 0.1) is 12.8 Å². The number of hydrogen-bond donors (Lipinski definition) is 1. The van der Waals surface area contributed by atoms with Crippen molar-refractivity contribution >= 4 is 39.3 Å². The monoisotopic (exact) mass is 553 g/mol. The molecule has 0 unspecified atom stereocenters. The van der Waals surface area contributed by atoms with Crippen molar-refractivity contribution in [3.8, 4) is 0 Å². The summed E-state index contributed by atoms with van der Waals surface area (Å²) in [7, 11) is 1.66. The van der Waals surface area contributed by atoms with Crippen LogP contribution in [-0.4, -0.2) is 73.4 Å². The largest absolute Gasteiger partial charge is 0.344 e. The van der Waals surface area contributed by atoms with Crippen LogP contribution in [-0.2, 0) is 27.3 Å². The number of aromatic nitrogens is 4. The first kappa shape index (κ1) is 28.7.